The molecule has 1 saturated carbocycles. The van der Waals surface area contributed by atoms with E-state index in [-0.39, 0.29) is 0 Å². The lowest BCUT2D eigenvalue weighted by Crippen LogP contribution is -2.27. The number of benzene rings is 1. The number of carbonyl (C=O) groups is 1. The first-order chi connectivity index (χ1) is 13.5. The highest BCUT2D eigenvalue weighted by Crippen LogP contribution is 2.47. The van der Waals surface area contributed by atoms with Gasteiger partial charge < -0.3 is 10.2 Å². The van der Waals surface area contributed by atoms with E-state index in [1.165, 1.54) is 22.3 Å². The zero-order valence-electron chi connectivity index (χ0n) is 16.5. The van der Waals surface area contributed by atoms with Gasteiger partial charge in [0.1, 0.15) is 6.07 Å². The van der Waals surface area contributed by atoms with E-state index in [4.69, 9.17) is 5.26 Å². The Labute approximate surface area is 165 Å². The second-order valence-electron chi connectivity index (χ2n) is 7.53. The van der Waals surface area contributed by atoms with E-state index < -0.39 is 5.78 Å². The third-order valence-corrected chi connectivity index (χ3v) is 5.74. The highest BCUT2D eigenvalue weighted by atomic mass is 16.1. The number of nitriles is 1. The normalized spacial score (nSPS) is 18.7. The Morgan fingerprint density at radius 3 is 2.68 bits per heavy atom. The molecule has 2 heterocycles. The monoisotopic (exact) mass is 369 g/mol. The van der Waals surface area contributed by atoms with Gasteiger partial charge >= 0.3 is 0 Å². The van der Waals surface area contributed by atoms with Crippen LogP contribution in [0.1, 0.15) is 30.9 Å². The SMILES string of the molecule is C=C1C(C(=O)C#N)=CC(C2CC2)=C2C(C)=C(c3ccc(NC)c(C)c3)C=CN12. The maximum Gasteiger partial charge on any atom is 0.264 e. The molecule has 28 heavy (non-hydrogen) atoms. The van der Waals surface area contributed by atoms with Crippen LogP contribution in [0.25, 0.3) is 5.57 Å². The molecular weight excluding hydrogens is 346 g/mol. The Morgan fingerprint density at radius 2 is 2.07 bits per heavy atom. The van der Waals surface area contributed by atoms with Gasteiger partial charge in [0.25, 0.3) is 5.78 Å². The number of Topliss-reactive ketones (excluding diaryl/α,β-unsaturated/α-hetero) is 1. The minimum Gasteiger partial charge on any atom is -0.388 e. The topological polar surface area (TPSA) is 56.1 Å². The van der Waals surface area contributed by atoms with Crippen LogP contribution in [-0.4, -0.2) is 17.7 Å². The van der Waals surface area contributed by atoms with Gasteiger partial charge in [0, 0.05) is 18.9 Å². The number of rotatable bonds is 4. The van der Waals surface area contributed by atoms with Crippen molar-refractivity contribution in [1.29, 1.82) is 5.26 Å². The van der Waals surface area contributed by atoms with Crippen LogP contribution in [0.15, 0.2) is 71.2 Å². The number of anilines is 1. The minimum absolute atomic E-state index is 0.406. The highest BCUT2D eigenvalue weighted by Gasteiger charge is 2.36. The van der Waals surface area contributed by atoms with Crippen molar-refractivity contribution >= 4 is 17.0 Å². The largest absolute Gasteiger partial charge is 0.388 e. The molecule has 0 radical (unpaired) electrons. The lowest BCUT2D eigenvalue weighted by atomic mass is 9.87. The fourth-order valence-corrected chi connectivity index (χ4v) is 4.06. The van der Waals surface area contributed by atoms with Gasteiger partial charge in [-0.1, -0.05) is 12.6 Å². The van der Waals surface area contributed by atoms with Gasteiger partial charge in [-0.15, -0.1) is 0 Å². The summed E-state index contributed by atoms with van der Waals surface area (Å²) in [5.74, 6) is -0.0792. The molecule has 1 aromatic carbocycles. The Bertz CT molecular complexity index is 1070. The molecule has 4 heteroatoms. The second kappa shape index (κ2) is 6.69. The van der Waals surface area contributed by atoms with Crippen LogP contribution in [0.5, 0.6) is 0 Å². The van der Waals surface area contributed by atoms with E-state index in [1.807, 2.05) is 24.2 Å². The number of hydrogen-bond acceptors (Lipinski definition) is 4. The van der Waals surface area contributed by atoms with E-state index in [0.717, 1.165) is 29.8 Å². The van der Waals surface area contributed by atoms with Crippen molar-refractivity contribution in [3.05, 3.63) is 82.4 Å². The smallest absolute Gasteiger partial charge is 0.264 e. The summed E-state index contributed by atoms with van der Waals surface area (Å²) in [5, 5.41) is 12.3. The highest BCUT2D eigenvalue weighted by molar-refractivity contribution is 6.10. The summed E-state index contributed by atoms with van der Waals surface area (Å²) in [4.78, 5) is 14.1. The molecule has 0 saturated heterocycles. The summed E-state index contributed by atoms with van der Waals surface area (Å²) >= 11 is 0. The number of ketones is 1. The lowest BCUT2D eigenvalue weighted by molar-refractivity contribution is -0.110. The Morgan fingerprint density at radius 1 is 1.32 bits per heavy atom. The molecule has 140 valence electrons. The van der Waals surface area contributed by atoms with E-state index in [9.17, 15) is 4.79 Å². The number of carbonyl (C=O) groups excluding carboxylic acids is 1. The van der Waals surface area contributed by atoms with Crippen molar-refractivity contribution in [2.24, 2.45) is 5.92 Å². The summed E-state index contributed by atoms with van der Waals surface area (Å²) in [5.41, 5.74) is 9.06. The standard InChI is InChI=1S/C24H23N3O/c1-14-11-18(7-8-22(14)26-4)19-9-10-27-16(3)20(23(28)13-25)12-21(17-5-6-17)24(27)15(19)2/h7-12,17,26H,3,5-6H2,1-2,4H3. The van der Waals surface area contributed by atoms with Crippen LogP contribution in [0, 0.1) is 24.2 Å². The molecule has 1 aromatic rings. The zero-order valence-corrected chi connectivity index (χ0v) is 16.5. The first-order valence-electron chi connectivity index (χ1n) is 9.53. The fraction of sp³-hybridized carbons (Fsp3) is 0.250. The minimum atomic E-state index is -0.527. The Hall–Kier alpha value is -3.32. The van der Waals surface area contributed by atoms with Crippen LogP contribution in [0.3, 0.4) is 0 Å². The fourth-order valence-electron chi connectivity index (χ4n) is 4.06. The number of aryl methyl sites for hydroxylation is 1. The predicted molar refractivity (Wildman–Crippen MR) is 112 cm³/mol. The van der Waals surface area contributed by atoms with Crippen LogP contribution >= 0.6 is 0 Å². The molecule has 0 spiro atoms. The summed E-state index contributed by atoms with van der Waals surface area (Å²) < 4.78 is 0. The Balaban J connectivity index is 1.88. The van der Waals surface area contributed by atoms with Crippen molar-refractivity contribution in [2.75, 3.05) is 12.4 Å². The van der Waals surface area contributed by atoms with Crippen molar-refractivity contribution in [2.45, 2.75) is 26.7 Å². The average molecular weight is 369 g/mol. The van der Waals surface area contributed by atoms with Gasteiger partial charge in [0.15, 0.2) is 0 Å². The second-order valence-corrected chi connectivity index (χ2v) is 7.53. The van der Waals surface area contributed by atoms with Crippen molar-refractivity contribution in [3.8, 4) is 6.07 Å². The number of allylic oxidation sites excluding steroid dienone is 6. The van der Waals surface area contributed by atoms with E-state index in [1.54, 1.807) is 6.07 Å². The van der Waals surface area contributed by atoms with Crippen LogP contribution < -0.4 is 5.32 Å². The van der Waals surface area contributed by atoms with Gasteiger partial charge in [-0.05, 0) is 84.7 Å². The summed E-state index contributed by atoms with van der Waals surface area (Å²) in [6.45, 7) is 8.33. The number of hydrogen-bond donors (Lipinski definition) is 1. The van der Waals surface area contributed by atoms with Gasteiger partial charge in [0.05, 0.1) is 17.0 Å². The van der Waals surface area contributed by atoms with Gasteiger partial charge in [-0.3, -0.25) is 4.79 Å². The Kier molecular flexibility index (Phi) is 4.31. The molecule has 2 aliphatic heterocycles. The molecule has 4 nitrogen and oxygen atoms in total. The molecule has 1 aliphatic carbocycles. The van der Waals surface area contributed by atoms with Crippen LogP contribution in [0.2, 0.25) is 0 Å². The zero-order chi connectivity index (χ0) is 20.0. The van der Waals surface area contributed by atoms with Gasteiger partial charge in [0.2, 0.25) is 0 Å². The van der Waals surface area contributed by atoms with Gasteiger partial charge in [-0.2, -0.15) is 5.26 Å². The molecule has 1 N–H and O–H groups in total. The average Bonchev–Trinajstić information content (AvgIpc) is 3.53. The van der Waals surface area contributed by atoms with Gasteiger partial charge in [-0.25, -0.2) is 0 Å². The maximum absolute atomic E-state index is 12.1. The molecule has 0 amide bonds. The number of nitrogens with zero attached hydrogens (tertiary/aromatic N) is 2. The summed E-state index contributed by atoms with van der Waals surface area (Å²) in [7, 11) is 1.93. The first-order valence-corrected chi connectivity index (χ1v) is 9.53. The maximum atomic E-state index is 12.1. The first kappa shape index (κ1) is 18.1. The molecule has 0 bridgehead atoms. The third kappa shape index (κ3) is 2.80. The predicted octanol–water partition coefficient (Wildman–Crippen LogP) is 4.85. The molecule has 3 aliphatic rings. The van der Waals surface area contributed by atoms with Crippen molar-refractivity contribution in [1.82, 2.24) is 4.90 Å². The molecule has 0 aromatic heterocycles. The van der Waals surface area contributed by atoms with E-state index >= 15 is 0 Å². The van der Waals surface area contributed by atoms with E-state index in [0.29, 0.717) is 17.2 Å². The van der Waals surface area contributed by atoms with Crippen molar-refractivity contribution < 1.29 is 4.79 Å². The lowest BCUT2D eigenvalue weighted by Gasteiger charge is -2.36. The van der Waals surface area contributed by atoms with Crippen molar-refractivity contribution in [3.63, 3.8) is 0 Å². The quantitative estimate of drug-likeness (QED) is 0.771. The molecule has 4 rings (SSSR count). The molecular formula is C24H23N3O. The third-order valence-electron chi connectivity index (χ3n) is 5.74. The molecule has 0 unspecified atom stereocenters. The molecule has 0 atom stereocenters. The summed E-state index contributed by atoms with van der Waals surface area (Å²) in [6, 6.07) is 8.17. The number of nitrogens with one attached hydrogen (secondary N) is 1. The van der Waals surface area contributed by atoms with Crippen LogP contribution in [-0.2, 0) is 4.79 Å². The molecule has 1 fully saturated rings. The van der Waals surface area contributed by atoms with Crippen LogP contribution in [0.4, 0.5) is 5.69 Å². The number of fused-ring (bicyclic) bond motifs is 1. The summed E-state index contributed by atoms with van der Waals surface area (Å²) in [6.07, 6.45) is 8.18. The van der Waals surface area contributed by atoms with E-state index in [2.05, 4.69) is 50.0 Å².